The van der Waals surface area contributed by atoms with Crippen LogP contribution in [-0.4, -0.2) is 33.8 Å². The van der Waals surface area contributed by atoms with Gasteiger partial charge in [0.15, 0.2) is 11.4 Å². The number of hydrogen-bond acceptors (Lipinski definition) is 10. The standard InChI is InChI=1S/C44H38Cl4N8O6/c1-21-7-11-29(45)19-35(21)49-41(59)27-9-13-31(47)37(17-27)53-55-39(25(5)57)43(61)51-33-15-24(4)34(16-23(33)3)52-44(62)40(26(6)58)56-54-38-18-28(10-14-32(38)48)42(60)50-36-20-30(46)12-8-22(36)2/h7-20,57-58H,1-6H3,(H,49,59)(H,50,60)(H,51,61)(H,52,62). The number of aliphatic hydroxyl groups is 2. The maximum atomic E-state index is 13.4. The zero-order valence-corrected chi connectivity index (χ0v) is 36.9. The zero-order chi connectivity index (χ0) is 45.4. The van der Waals surface area contributed by atoms with Gasteiger partial charge in [0.05, 0.1) is 10.0 Å². The first kappa shape index (κ1) is 46.5. The minimum Gasteiger partial charge on any atom is -0.510 e. The Morgan fingerprint density at radius 3 is 1.18 bits per heavy atom. The van der Waals surface area contributed by atoms with Gasteiger partial charge in [0.1, 0.15) is 22.9 Å². The number of carbonyl (C=O) groups is 4. The van der Waals surface area contributed by atoms with E-state index >= 15 is 0 Å². The number of aryl methyl sites for hydroxylation is 4. The van der Waals surface area contributed by atoms with Crippen LogP contribution in [0.5, 0.6) is 0 Å². The van der Waals surface area contributed by atoms with Crippen molar-refractivity contribution in [3.8, 4) is 0 Å². The largest absolute Gasteiger partial charge is 0.510 e. The summed E-state index contributed by atoms with van der Waals surface area (Å²) < 4.78 is 0. The first-order valence-electron chi connectivity index (χ1n) is 18.4. The first-order valence-corrected chi connectivity index (χ1v) is 19.9. The molecule has 0 bridgehead atoms. The Labute approximate surface area is 376 Å². The molecule has 0 saturated carbocycles. The van der Waals surface area contributed by atoms with Gasteiger partial charge in [0.25, 0.3) is 23.6 Å². The van der Waals surface area contributed by atoms with E-state index in [4.69, 9.17) is 46.4 Å². The Morgan fingerprint density at radius 2 is 0.823 bits per heavy atom. The van der Waals surface area contributed by atoms with E-state index in [2.05, 4.69) is 41.7 Å². The second kappa shape index (κ2) is 20.3. The average Bonchev–Trinajstić information content (AvgIpc) is 3.20. The Balaban J connectivity index is 1.28. The molecule has 5 aromatic rings. The average molecular weight is 917 g/mol. The monoisotopic (exact) mass is 914 g/mol. The lowest BCUT2D eigenvalue weighted by atomic mass is 10.1. The van der Waals surface area contributed by atoms with E-state index in [1.54, 1.807) is 62.4 Å². The Bertz CT molecular complexity index is 2570. The normalized spacial score (nSPS) is 12.2. The van der Waals surface area contributed by atoms with Crippen molar-refractivity contribution in [2.45, 2.75) is 41.5 Å². The molecule has 0 fully saturated rings. The molecule has 5 aromatic carbocycles. The number of nitrogens with zero attached hydrogens (tertiary/aromatic N) is 4. The number of halogens is 4. The van der Waals surface area contributed by atoms with Crippen LogP contribution in [0.15, 0.2) is 128 Å². The van der Waals surface area contributed by atoms with Gasteiger partial charge in [-0.2, -0.15) is 0 Å². The molecule has 6 N–H and O–H groups in total. The molecular weight excluding hydrogens is 878 g/mol. The number of carbonyl (C=O) groups excluding carboxylic acids is 4. The molecule has 0 saturated heterocycles. The van der Waals surface area contributed by atoms with Crippen LogP contribution in [-0.2, 0) is 9.59 Å². The zero-order valence-electron chi connectivity index (χ0n) is 33.9. The van der Waals surface area contributed by atoms with Crippen molar-refractivity contribution < 1.29 is 29.4 Å². The van der Waals surface area contributed by atoms with Crippen LogP contribution >= 0.6 is 46.4 Å². The molecule has 0 heterocycles. The van der Waals surface area contributed by atoms with Gasteiger partial charge < -0.3 is 31.5 Å². The fraction of sp³-hybridized carbons (Fsp3) is 0.136. The third kappa shape index (κ3) is 11.8. The summed E-state index contributed by atoms with van der Waals surface area (Å²) in [7, 11) is 0. The molecule has 0 atom stereocenters. The SMILES string of the molecule is CC(O)=C(N=Nc1cc(C(=O)Nc2cc(Cl)ccc2C)ccc1Cl)C(=O)Nc1cc(C)c(NC(=O)C(N=Nc2cc(C(=O)Nc3cc(Cl)ccc3C)ccc2Cl)=C(C)O)cc1C. The summed E-state index contributed by atoms with van der Waals surface area (Å²) >= 11 is 24.9. The maximum Gasteiger partial charge on any atom is 0.279 e. The van der Waals surface area contributed by atoms with Gasteiger partial charge >= 0.3 is 0 Å². The van der Waals surface area contributed by atoms with E-state index in [0.29, 0.717) is 43.9 Å². The Morgan fingerprint density at radius 1 is 0.468 bits per heavy atom. The third-order valence-corrected chi connectivity index (χ3v) is 10.1. The van der Waals surface area contributed by atoms with Crippen molar-refractivity contribution in [2.75, 3.05) is 21.3 Å². The molecule has 0 unspecified atom stereocenters. The molecule has 4 amide bonds. The van der Waals surface area contributed by atoms with Crippen LogP contribution in [0.1, 0.15) is 56.8 Å². The number of amides is 4. The number of anilines is 4. The van der Waals surface area contributed by atoms with Gasteiger partial charge in [-0.1, -0.05) is 58.5 Å². The molecule has 0 aliphatic carbocycles. The van der Waals surface area contributed by atoms with Crippen molar-refractivity contribution in [1.29, 1.82) is 0 Å². The van der Waals surface area contributed by atoms with E-state index in [9.17, 15) is 29.4 Å². The highest BCUT2D eigenvalue weighted by Gasteiger charge is 2.20. The summed E-state index contributed by atoms with van der Waals surface area (Å²) in [5.74, 6) is -3.50. The van der Waals surface area contributed by atoms with E-state index in [1.165, 1.54) is 50.2 Å². The molecule has 0 radical (unpaired) electrons. The van der Waals surface area contributed by atoms with E-state index in [1.807, 2.05) is 13.8 Å². The summed E-state index contributed by atoms with van der Waals surface area (Å²) in [5.41, 5.74) is 3.83. The molecule has 0 aromatic heterocycles. The van der Waals surface area contributed by atoms with Crippen molar-refractivity contribution >= 4 is 104 Å². The quantitative estimate of drug-likeness (QED) is 0.0407. The maximum absolute atomic E-state index is 13.4. The lowest BCUT2D eigenvalue weighted by molar-refractivity contribution is -0.114. The highest BCUT2D eigenvalue weighted by atomic mass is 35.5. The fourth-order valence-electron chi connectivity index (χ4n) is 5.53. The highest BCUT2D eigenvalue weighted by molar-refractivity contribution is 6.34. The van der Waals surface area contributed by atoms with Crippen LogP contribution in [0.25, 0.3) is 0 Å². The number of azo groups is 2. The second-order valence-corrected chi connectivity index (χ2v) is 15.5. The van der Waals surface area contributed by atoms with Crippen LogP contribution in [0, 0.1) is 27.7 Å². The van der Waals surface area contributed by atoms with Gasteiger partial charge in [-0.15, -0.1) is 20.5 Å². The van der Waals surface area contributed by atoms with Gasteiger partial charge in [0.2, 0.25) is 0 Å². The van der Waals surface area contributed by atoms with Crippen molar-refractivity contribution in [3.63, 3.8) is 0 Å². The number of benzene rings is 5. The lowest BCUT2D eigenvalue weighted by Gasteiger charge is -2.14. The summed E-state index contributed by atoms with van der Waals surface area (Å²) in [6.07, 6.45) is 0. The minimum atomic E-state index is -0.823. The number of hydrogen-bond donors (Lipinski definition) is 6. The number of aliphatic hydroxyl groups excluding tert-OH is 2. The Kier molecular flexibility index (Phi) is 15.2. The molecule has 5 rings (SSSR count). The fourth-order valence-corrected chi connectivity index (χ4v) is 6.18. The topological polar surface area (TPSA) is 206 Å². The molecule has 0 spiro atoms. The summed E-state index contributed by atoms with van der Waals surface area (Å²) in [4.78, 5) is 52.9. The number of rotatable bonds is 12. The number of allylic oxidation sites excluding steroid dienone is 2. The van der Waals surface area contributed by atoms with Crippen molar-refractivity contribution in [1.82, 2.24) is 0 Å². The predicted molar refractivity (Wildman–Crippen MR) is 244 cm³/mol. The summed E-state index contributed by atoms with van der Waals surface area (Å²) in [5, 5.41) is 48.9. The van der Waals surface area contributed by atoms with E-state index in [0.717, 1.165) is 11.1 Å². The van der Waals surface area contributed by atoms with Crippen LogP contribution in [0.3, 0.4) is 0 Å². The molecule has 62 heavy (non-hydrogen) atoms. The van der Waals surface area contributed by atoms with Crippen molar-refractivity contribution in [2.24, 2.45) is 20.5 Å². The van der Waals surface area contributed by atoms with E-state index in [-0.39, 0.29) is 32.5 Å². The van der Waals surface area contributed by atoms with Gasteiger partial charge in [-0.05, 0) is 137 Å². The van der Waals surface area contributed by atoms with Crippen LogP contribution < -0.4 is 21.3 Å². The predicted octanol–water partition coefficient (Wildman–Crippen LogP) is 13.1. The second-order valence-electron chi connectivity index (χ2n) is 13.8. The Hall–Kier alpha value is -6.58. The molecule has 0 aliphatic rings. The summed E-state index contributed by atoms with van der Waals surface area (Å²) in [6.45, 7) is 9.46. The first-order chi connectivity index (χ1) is 29.3. The smallest absolute Gasteiger partial charge is 0.279 e. The minimum absolute atomic E-state index is 0.0517. The molecule has 0 aliphatic heterocycles. The molecule has 18 heteroatoms. The van der Waals surface area contributed by atoms with Gasteiger partial charge in [0, 0.05) is 43.9 Å². The van der Waals surface area contributed by atoms with Gasteiger partial charge in [-0.3, -0.25) is 19.2 Å². The van der Waals surface area contributed by atoms with Gasteiger partial charge in [-0.25, -0.2) is 0 Å². The molecular formula is C44H38Cl4N8O6. The molecule has 14 nitrogen and oxygen atoms in total. The number of nitrogens with one attached hydrogen (secondary N) is 4. The molecule has 318 valence electrons. The summed E-state index contributed by atoms with van der Waals surface area (Å²) in [6, 6.07) is 22.0. The lowest BCUT2D eigenvalue weighted by Crippen LogP contribution is -2.17. The van der Waals surface area contributed by atoms with Crippen LogP contribution in [0.2, 0.25) is 20.1 Å². The third-order valence-electron chi connectivity index (χ3n) is 9.01. The van der Waals surface area contributed by atoms with Crippen molar-refractivity contribution in [3.05, 3.63) is 161 Å². The van der Waals surface area contributed by atoms with Crippen LogP contribution in [0.4, 0.5) is 34.1 Å². The van der Waals surface area contributed by atoms with E-state index < -0.39 is 46.5 Å². The highest BCUT2D eigenvalue weighted by Crippen LogP contribution is 2.32.